The summed E-state index contributed by atoms with van der Waals surface area (Å²) in [4.78, 5) is 17.9. The monoisotopic (exact) mass is 375 g/mol. The predicted octanol–water partition coefficient (Wildman–Crippen LogP) is 2.80. The minimum Gasteiger partial charge on any atom is -0.478 e. The lowest BCUT2D eigenvalue weighted by Crippen LogP contribution is -2.22. The van der Waals surface area contributed by atoms with Crippen LogP contribution in [-0.2, 0) is 10.0 Å². The standard InChI is InChI=1S/C18H21N3O4S/c1-12-5-6-13(2)16(9-12)26(24,25)20-14-10-15(18(22)23)17(19-11-14)21-7-3-4-8-21/h5-6,9-11,20H,3-4,7-8H2,1-2H3,(H,22,23). The number of hydrogen-bond acceptors (Lipinski definition) is 5. The SMILES string of the molecule is Cc1ccc(C)c(S(=O)(=O)Nc2cnc(N3CCCC3)c(C(=O)O)c2)c1. The molecule has 1 aliphatic rings. The highest BCUT2D eigenvalue weighted by molar-refractivity contribution is 7.92. The molecule has 0 unspecified atom stereocenters. The van der Waals surface area contributed by atoms with E-state index in [4.69, 9.17) is 0 Å². The van der Waals surface area contributed by atoms with Gasteiger partial charge in [0, 0.05) is 13.1 Å². The van der Waals surface area contributed by atoms with Gasteiger partial charge in [0.2, 0.25) is 0 Å². The molecular weight excluding hydrogens is 354 g/mol. The van der Waals surface area contributed by atoms with Crippen molar-refractivity contribution in [1.82, 2.24) is 4.98 Å². The van der Waals surface area contributed by atoms with Gasteiger partial charge in [-0.25, -0.2) is 18.2 Å². The zero-order valence-electron chi connectivity index (χ0n) is 14.7. The number of carbonyl (C=O) groups is 1. The summed E-state index contributed by atoms with van der Waals surface area (Å²) < 4.78 is 27.8. The summed E-state index contributed by atoms with van der Waals surface area (Å²) in [7, 11) is -3.84. The maximum Gasteiger partial charge on any atom is 0.339 e. The van der Waals surface area contributed by atoms with Crippen LogP contribution in [0.2, 0.25) is 0 Å². The predicted molar refractivity (Wildman–Crippen MR) is 99.4 cm³/mol. The lowest BCUT2D eigenvalue weighted by atomic mass is 10.2. The van der Waals surface area contributed by atoms with E-state index in [0.717, 1.165) is 31.5 Å². The highest BCUT2D eigenvalue weighted by atomic mass is 32.2. The molecule has 26 heavy (non-hydrogen) atoms. The number of aromatic carboxylic acids is 1. The number of carboxylic acid groups (broad SMARTS) is 1. The zero-order valence-corrected chi connectivity index (χ0v) is 15.5. The Morgan fingerprint density at radius 1 is 1.19 bits per heavy atom. The van der Waals surface area contributed by atoms with E-state index in [0.29, 0.717) is 11.4 Å². The molecule has 8 heteroatoms. The van der Waals surface area contributed by atoms with E-state index >= 15 is 0 Å². The molecule has 0 bridgehead atoms. The average molecular weight is 375 g/mol. The average Bonchev–Trinajstić information content (AvgIpc) is 3.11. The maximum absolute atomic E-state index is 12.7. The topological polar surface area (TPSA) is 99.6 Å². The van der Waals surface area contributed by atoms with Gasteiger partial charge in [0.1, 0.15) is 11.4 Å². The number of rotatable bonds is 5. The van der Waals surface area contributed by atoms with Gasteiger partial charge in [-0.2, -0.15) is 0 Å². The summed E-state index contributed by atoms with van der Waals surface area (Å²) >= 11 is 0. The van der Waals surface area contributed by atoms with E-state index in [1.54, 1.807) is 19.1 Å². The van der Waals surface area contributed by atoms with Gasteiger partial charge in [0.25, 0.3) is 10.0 Å². The molecule has 138 valence electrons. The summed E-state index contributed by atoms with van der Waals surface area (Å²) in [5, 5.41) is 9.50. The van der Waals surface area contributed by atoms with Crippen molar-refractivity contribution < 1.29 is 18.3 Å². The number of aromatic nitrogens is 1. The van der Waals surface area contributed by atoms with Crippen LogP contribution in [0.15, 0.2) is 35.4 Å². The van der Waals surface area contributed by atoms with Gasteiger partial charge in [0.05, 0.1) is 16.8 Å². The first kappa shape index (κ1) is 18.2. The van der Waals surface area contributed by atoms with Crippen LogP contribution >= 0.6 is 0 Å². The molecule has 2 N–H and O–H groups in total. The minimum absolute atomic E-state index is 0.00642. The Morgan fingerprint density at radius 3 is 2.54 bits per heavy atom. The Kier molecular flexibility index (Phi) is 4.86. The number of hydrogen-bond donors (Lipinski definition) is 2. The Balaban J connectivity index is 1.95. The molecule has 0 amide bonds. The largest absolute Gasteiger partial charge is 0.478 e. The first-order chi connectivity index (χ1) is 12.3. The van der Waals surface area contributed by atoms with Gasteiger partial charge in [-0.1, -0.05) is 12.1 Å². The molecule has 2 heterocycles. The van der Waals surface area contributed by atoms with Gasteiger partial charge in [0.15, 0.2) is 0 Å². The number of anilines is 2. The van der Waals surface area contributed by atoms with Gasteiger partial charge in [-0.05, 0) is 49.9 Å². The Hall–Kier alpha value is -2.61. The van der Waals surface area contributed by atoms with Crippen LogP contribution in [0.1, 0.15) is 34.3 Å². The van der Waals surface area contributed by atoms with Crippen molar-refractivity contribution in [3.63, 3.8) is 0 Å². The Labute approximate surface area is 152 Å². The van der Waals surface area contributed by atoms with Crippen LogP contribution in [-0.4, -0.2) is 37.6 Å². The summed E-state index contributed by atoms with van der Waals surface area (Å²) in [6.45, 7) is 5.03. The van der Waals surface area contributed by atoms with E-state index in [2.05, 4.69) is 9.71 Å². The van der Waals surface area contributed by atoms with E-state index in [-0.39, 0.29) is 16.1 Å². The summed E-state index contributed by atoms with van der Waals surface area (Å²) in [5.74, 6) is -0.753. The second-order valence-electron chi connectivity index (χ2n) is 6.47. The van der Waals surface area contributed by atoms with E-state index < -0.39 is 16.0 Å². The molecule has 1 aromatic carbocycles. The van der Waals surface area contributed by atoms with Crippen LogP contribution in [0.25, 0.3) is 0 Å². The molecular formula is C18H21N3O4S. The van der Waals surface area contributed by atoms with E-state index in [1.807, 2.05) is 17.9 Å². The van der Waals surface area contributed by atoms with Crippen LogP contribution in [0.4, 0.5) is 11.5 Å². The number of pyridine rings is 1. The number of nitrogens with one attached hydrogen (secondary N) is 1. The zero-order chi connectivity index (χ0) is 18.9. The molecule has 1 aliphatic heterocycles. The fourth-order valence-corrected chi connectivity index (χ4v) is 4.42. The second-order valence-corrected chi connectivity index (χ2v) is 8.12. The quantitative estimate of drug-likeness (QED) is 0.834. The summed E-state index contributed by atoms with van der Waals surface area (Å²) in [6.07, 6.45) is 3.34. The summed E-state index contributed by atoms with van der Waals surface area (Å²) in [6, 6.07) is 6.48. The number of carboxylic acids is 1. The lowest BCUT2D eigenvalue weighted by molar-refractivity contribution is 0.0697. The first-order valence-electron chi connectivity index (χ1n) is 8.36. The number of sulfonamides is 1. The normalized spacial score (nSPS) is 14.5. The molecule has 0 atom stereocenters. The third-order valence-corrected chi connectivity index (χ3v) is 5.91. The van der Waals surface area contributed by atoms with Crippen LogP contribution in [0.5, 0.6) is 0 Å². The van der Waals surface area contributed by atoms with Crippen molar-refractivity contribution in [3.05, 3.63) is 47.2 Å². The van der Waals surface area contributed by atoms with Crippen molar-refractivity contribution in [2.75, 3.05) is 22.7 Å². The molecule has 1 saturated heterocycles. The van der Waals surface area contributed by atoms with Crippen LogP contribution in [0, 0.1) is 13.8 Å². The smallest absolute Gasteiger partial charge is 0.339 e. The van der Waals surface area contributed by atoms with E-state index in [9.17, 15) is 18.3 Å². The van der Waals surface area contributed by atoms with E-state index in [1.165, 1.54) is 12.3 Å². The molecule has 0 saturated carbocycles. The number of benzene rings is 1. The molecule has 0 spiro atoms. The van der Waals surface area contributed by atoms with Gasteiger partial charge in [-0.15, -0.1) is 0 Å². The molecule has 7 nitrogen and oxygen atoms in total. The second kappa shape index (κ2) is 6.95. The maximum atomic E-state index is 12.7. The molecule has 1 aromatic heterocycles. The third-order valence-electron chi connectivity index (χ3n) is 4.39. The van der Waals surface area contributed by atoms with Crippen LogP contribution in [0.3, 0.4) is 0 Å². The van der Waals surface area contributed by atoms with Crippen molar-refractivity contribution >= 4 is 27.5 Å². The number of aryl methyl sites for hydroxylation is 2. The van der Waals surface area contributed by atoms with Gasteiger partial charge < -0.3 is 10.0 Å². The van der Waals surface area contributed by atoms with Crippen molar-refractivity contribution in [3.8, 4) is 0 Å². The fourth-order valence-electron chi connectivity index (χ4n) is 3.06. The molecule has 0 radical (unpaired) electrons. The fraction of sp³-hybridized carbons (Fsp3) is 0.333. The van der Waals surface area contributed by atoms with Gasteiger partial charge in [-0.3, -0.25) is 4.72 Å². The third kappa shape index (κ3) is 3.65. The molecule has 0 aliphatic carbocycles. The van der Waals surface area contributed by atoms with Crippen molar-refractivity contribution in [2.45, 2.75) is 31.6 Å². The van der Waals surface area contributed by atoms with Crippen molar-refractivity contribution in [2.24, 2.45) is 0 Å². The molecule has 1 fully saturated rings. The summed E-state index contributed by atoms with van der Waals surface area (Å²) in [5.41, 5.74) is 1.56. The Bertz CT molecular complexity index is 951. The number of nitrogens with zero attached hydrogens (tertiary/aromatic N) is 2. The van der Waals surface area contributed by atoms with Crippen LogP contribution < -0.4 is 9.62 Å². The highest BCUT2D eigenvalue weighted by Crippen LogP contribution is 2.26. The minimum atomic E-state index is -3.84. The first-order valence-corrected chi connectivity index (χ1v) is 9.84. The van der Waals surface area contributed by atoms with Gasteiger partial charge >= 0.3 is 5.97 Å². The lowest BCUT2D eigenvalue weighted by Gasteiger charge is -2.19. The van der Waals surface area contributed by atoms with Crippen molar-refractivity contribution in [1.29, 1.82) is 0 Å². The molecule has 3 rings (SSSR count). The highest BCUT2D eigenvalue weighted by Gasteiger charge is 2.23. The molecule has 2 aromatic rings. The Morgan fingerprint density at radius 2 is 1.88 bits per heavy atom.